The van der Waals surface area contributed by atoms with Crippen LogP contribution in [0.3, 0.4) is 0 Å². The number of rotatable bonds is 4. The second-order valence-electron chi connectivity index (χ2n) is 5.99. The lowest BCUT2D eigenvalue weighted by molar-refractivity contribution is 0.355. The van der Waals surface area contributed by atoms with E-state index < -0.39 is 0 Å². The van der Waals surface area contributed by atoms with Crippen LogP contribution in [0.4, 0.5) is 11.4 Å². The third kappa shape index (κ3) is 4.11. The van der Waals surface area contributed by atoms with Crippen LogP contribution in [0.1, 0.15) is 0 Å². The highest BCUT2D eigenvalue weighted by Crippen LogP contribution is 2.30. The zero-order valence-electron chi connectivity index (χ0n) is 14.9. The summed E-state index contributed by atoms with van der Waals surface area (Å²) < 4.78 is 10.6. The number of methoxy groups -OCH3 is 2. The second kappa shape index (κ2) is 8.14. The van der Waals surface area contributed by atoms with Crippen molar-refractivity contribution in [1.29, 1.82) is 0 Å². The van der Waals surface area contributed by atoms with Gasteiger partial charge in [0.1, 0.15) is 5.75 Å². The number of nitrogens with one attached hydrogen (secondary N) is 1. The van der Waals surface area contributed by atoms with Gasteiger partial charge in [0, 0.05) is 43.6 Å². The first-order valence-electron chi connectivity index (χ1n) is 8.42. The Kier molecular flexibility index (Phi) is 5.68. The molecule has 1 saturated heterocycles. The lowest BCUT2D eigenvalue weighted by atomic mass is 10.2. The topological polar surface area (TPSA) is 57.2 Å². The van der Waals surface area contributed by atoms with E-state index in [1.165, 1.54) is 0 Å². The maximum atomic E-state index is 9.41. The van der Waals surface area contributed by atoms with Gasteiger partial charge in [-0.25, -0.2) is 0 Å². The smallest absolute Gasteiger partial charge is 0.173 e. The molecule has 0 unspecified atom stereocenters. The lowest BCUT2D eigenvalue weighted by Gasteiger charge is -2.37. The van der Waals surface area contributed by atoms with Gasteiger partial charge in [0.25, 0.3) is 0 Å². The Morgan fingerprint density at radius 1 is 0.962 bits per heavy atom. The minimum atomic E-state index is 0.285. The molecular weight excluding hydrogens is 350 g/mol. The molecule has 1 aliphatic rings. The van der Waals surface area contributed by atoms with Crippen molar-refractivity contribution in [3.05, 3.63) is 42.5 Å². The van der Waals surface area contributed by atoms with Gasteiger partial charge in [-0.15, -0.1) is 0 Å². The molecule has 1 aliphatic heterocycles. The van der Waals surface area contributed by atoms with Crippen LogP contribution in [-0.4, -0.2) is 55.5 Å². The van der Waals surface area contributed by atoms with E-state index in [1.54, 1.807) is 26.4 Å². The van der Waals surface area contributed by atoms with Crippen LogP contribution < -0.4 is 19.7 Å². The second-order valence-corrected chi connectivity index (χ2v) is 6.38. The summed E-state index contributed by atoms with van der Waals surface area (Å²) in [7, 11) is 3.23. The minimum absolute atomic E-state index is 0.285. The third-order valence-electron chi connectivity index (χ3n) is 4.42. The summed E-state index contributed by atoms with van der Waals surface area (Å²) in [6.45, 7) is 3.41. The molecule has 26 heavy (non-hydrogen) atoms. The van der Waals surface area contributed by atoms with Crippen molar-refractivity contribution in [3.63, 3.8) is 0 Å². The number of aromatic hydroxyl groups is 1. The van der Waals surface area contributed by atoms with E-state index in [-0.39, 0.29) is 5.75 Å². The lowest BCUT2D eigenvalue weighted by Crippen LogP contribution is -2.50. The van der Waals surface area contributed by atoms with Crippen LogP contribution in [0.15, 0.2) is 42.5 Å². The van der Waals surface area contributed by atoms with Gasteiger partial charge in [0.15, 0.2) is 16.6 Å². The Hall–Kier alpha value is -2.67. The summed E-state index contributed by atoms with van der Waals surface area (Å²) in [5.74, 6) is 1.64. The first-order valence-corrected chi connectivity index (χ1v) is 8.83. The van der Waals surface area contributed by atoms with Gasteiger partial charge in [-0.2, -0.15) is 0 Å². The molecule has 7 heteroatoms. The van der Waals surface area contributed by atoms with Crippen molar-refractivity contribution in [2.45, 2.75) is 0 Å². The molecule has 1 heterocycles. The van der Waals surface area contributed by atoms with Crippen LogP contribution in [-0.2, 0) is 0 Å². The molecule has 0 spiro atoms. The fourth-order valence-electron chi connectivity index (χ4n) is 2.95. The van der Waals surface area contributed by atoms with Crippen molar-refractivity contribution in [3.8, 4) is 17.2 Å². The molecule has 0 amide bonds. The fourth-order valence-corrected chi connectivity index (χ4v) is 3.25. The molecule has 138 valence electrons. The maximum absolute atomic E-state index is 9.41. The third-order valence-corrected chi connectivity index (χ3v) is 4.78. The SMILES string of the molecule is COc1ccc(NC(=S)N2CCN(c3ccc(O)cc3)CC2)cc1OC. The number of phenols is 1. The van der Waals surface area contributed by atoms with Gasteiger partial charge in [0.05, 0.1) is 14.2 Å². The zero-order chi connectivity index (χ0) is 18.5. The number of hydrogen-bond donors (Lipinski definition) is 2. The first-order chi connectivity index (χ1) is 12.6. The normalized spacial score (nSPS) is 14.1. The molecule has 0 aromatic heterocycles. The van der Waals surface area contributed by atoms with E-state index in [4.69, 9.17) is 21.7 Å². The summed E-state index contributed by atoms with van der Waals surface area (Å²) in [5, 5.41) is 13.4. The largest absolute Gasteiger partial charge is 0.508 e. The summed E-state index contributed by atoms with van der Waals surface area (Å²) in [4.78, 5) is 4.44. The average Bonchev–Trinajstić information content (AvgIpc) is 2.68. The maximum Gasteiger partial charge on any atom is 0.173 e. The standard InChI is InChI=1S/C19H23N3O3S/c1-24-17-8-3-14(13-18(17)25-2)20-19(26)22-11-9-21(10-12-22)15-4-6-16(23)7-5-15/h3-8,13,23H,9-12H2,1-2H3,(H,20,26). The Labute approximate surface area is 158 Å². The van der Waals surface area contributed by atoms with Crippen molar-refractivity contribution >= 4 is 28.7 Å². The van der Waals surface area contributed by atoms with Gasteiger partial charge in [0.2, 0.25) is 0 Å². The summed E-state index contributed by atoms with van der Waals surface area (Å²) >= 11 is 5.56. The number of thiocarbonyl (C=S) groups is 1. The Morgan fingerprint density at radius 2 is 1.62 bits per heavy atom. The highest BCUT2D eigenvalue weighted by Gasteiger charge is 2.19. The molecule has 0 atom stereocenters. The molecule has 1 fully saturated rings. The predicted molar refractivity (Wildman–Crippen MR) is 108 cm³/mol. The fraction of sp³-hybridized carbons (Fsp3) is 0.316. The first kappa shape index (κ1) is 18.1. The van der Waals surface area contributed by atoms with E-state index in [9.17, 15) is 5.11 Å². The molecular formula is C19H23N3O3S. The van der Waals surface area contributed by atoms with Crippen molar-refractivity contribution in [1.82, 2.24) is 4.90 Å². The Bertz CT molecular complexity index is 759. The number of benzene rings is 2. The van der Waals surface area contributed by atoms with Crippen molar-refractivity contribution in [2.24, 2.45) is 0 Å². The zero-order valence-corrected chi connectivity index (χ0v) is 15.8. The summed E-state index contributed by atoms with van der Waals surface area (Å²) in [6, 6.07) is 12.9. The molecule has 3 rings (SSSR count). The number of piperazine rings is 1. The monoisotopic (exact) mass is 373 g/mol. The highest BCUT2D eigenvalue weighted by atomic mass is 32.1. The van der Waals surface area contributed by atoms with E-state index in [2.05, 4.69) is 15.1 Å². The van der Waals surface area contributed by atoms with Crippen LogP contribution >= 0.6 is 12.2 Å². The molecule has 6 nitrogen and oxygen atoms in total. The van der Waals surface area contributed by atoms with E-state index in [1.807, 2.05) is 30.3 Å². The minimum Gasteiger partial charge on any atom is -0.508 e. The summed E-state index contributed by atoms with van der Waals surface area (Å²) in [5.41, 5.74) is 1.98. The number of hydrogen-bond acceptors (Lipinski definition) is 5. The quantitative estimate of drug-likeness (QED) is 0.799. The Morgan fingerprint density at radius 3 is 2.23 bits per heavy atom. The molecule has 2 aromatic rings. The van der Waals surface area contributed by atoms with Gasteiger partial charge in [-0.1, -0.05) is 0 Å². The number of phenolic OH excluding ortho intramolecular Hbond substituents is 1. The number of ether oxygens (including phenoxy) is 2. The molecule has 0 radical (unpaired) electrons. The molecule has 2 N–H and O–H groups in total. The number of nitrogens with zero attached hydrogens (tertiary/aromatic N) is 2. The highest BCUT2D eigenvalue weighted by molar-refractivity contribution is 7.80. The predicted octanol–water partition coefficient (Wildman–Crippen LogP) is 2.93. The van der Waals surface area contributed by atoms with E-state index in [0.29, 0.717) is 16.6 Å². The Balaban J connectivity index is 1.57. The van der Waals surface area contributed by atoms with Crippen LogP contribution in [0, 0.1) is 0 Å². The average molecular weight is 373 g/mol. The molecule has 2 aromatic carbocycles. The molecule has 0 aliphatic carbocycles. The molecule has 0 bridgehead atoms. The van der Waals surface area contributed by atoms with Crippen molar-refractivity contribution in [2.75, 3.05) is 50.6 Å². The van der Waals surface area contributed by atoms with Gasteiger partial charge in [-0.05, 0) is 48.6 Å². The van der Waals surface area contributed by atoms with Crippen LogP contribution in [0.2, 0.25) is 0 Å². The summed E-state index contributed by atoms with van der Waals surface area (Å²) in [6.07, 6.45) is 0. The van der Waals surface area contributed by atoms with Gasteiger partial charge >= 0.3 is 0 Å². The van der Waals surface area contributed by atoms with E-state index in [0.717, 1.165) is 37.6 Å². The van der Waals surface area contributed by atoms with Crippen LogP contribution in [0.5, 0.6) is 17.2 Å². The van der Waals surface area contributed by atoms with E-state index >= 15 is 0 Å². The molecule has 0 saturated carbocycles. The van der Waals surface area contributed by atoms with Gasteiger partial charge in [-0.3, -0.25) is 0 Å². The van der Waals surface area contributed by atoms with Gasteiger partial charge < -0.3 is 29.7 Å². The van der Waals surface area contributed by atoms with Crippen molar-refractivity contribution < 1.29 is 14.6 Å². The number of anilines is 2. The van der Waals surface area contributed by atoms with Crippen LogP contribution in [0.25, 0.3) is 0 Å².